The second-order valence-corrected chi connectivity index (χ2v) is 3.09. The number of rotatable bonds is 2. The molecule has 0 bridgehead atoms. The number of H-pyrrole nitrogens is 1. The molecule has 0 aromatic carbocycles. The molecule has 2 rings (SSSR count). The summed E-state index contributed by atoms with van der Waals surface area (Å²) in [5.41, 5.74) is 0.298. The summed E-state index contributed by atoms with van der Waals surface area (Å²) in [6, 6.07) is 0. The molecule has 0 spiro atoms. The summed E-state index contributed by atoms with van der Waals surface area (Å²) in [7, 11) is 3.05. The number of aryl methyl sites for hydroxylation is 1. The normalized spacial score (nSPS) is 25.9. The van der Waals surface area contributed by atoms with Gasteiger partial charge in [-0.15, -0.1) is 0 Å². The number of ether oxygens (including phenoxy) is 3. The van der Waals surface area contributed by atoms with Gasteiger partial charge in [-0.2, -0.15) is 0 Å². The highest BCUT2D eigenvalue weighted by atomic mass is 16.9. The first-order valence-corrected chi connectivity index (χ1v) is 4.27. The Labute approximate surface area is 80.4 Å². The van der Waals surface area contributed by atoms with Crippen molar-refractivity contribution >= 4 is 0 Å². The SMILES string of the molecule is COc1c(C2OC(C)O2)[nH]n(C)c1=O. The lowest BCUT2D eigenvalue weighted by atomic mass is 10.3. The Morgan fingerprint density at radius 2 is 2.14 bits per heavy atom. The Kier molecular flexibility index (Phi) is 2.09. The number of nitrogens with one attached hydrogen (secondary N) is 1. The van der Waals surface area contributed by atoms with Gasteiger partial charge in [-0.25, -0.2) is 0 Å². The van der Waals surface area contributed by atoms with Crippen LogP contribution in [-0.2, 0) is 16.5 Å². The van der Waals surface area contributed by atoms with Crippen LogP contribution in [0, 0.1) is 0 Å². The quantitative estimate of drug-likeness (QED) is 0.736. The smallest absolute Gasteiger partial charge is 0.309 e. The molecule has 2 heterocycles. The van der Waals surface area contributed by atoms with E-state index >= 15 is 0 Å². The minimum atomic E-state index is -0.520. The van der Waals surface area contributed by atoms with Gasteiger partial charge >= 0.3 is 5.56 Å². The van der Waals surface area contributed by atoms with Crippen molar-refractivity contribution in [2.45, 2.75) is 19.5 Å². The molecule has 6 heteroatoms. The molecule has 0 saturated carbocycles. The third-order valence-corrected chi connectivity index (χ3v) is 2.10. The van der Waals surface area contributed by atoms with Crippen LogP contribution < -0.4 is 10.3 Å². The summed E-state index contributed by atoms with van der Waals surface area (Å²) in [4.78, 5) is 11.4. The molecule has 1 saturated heterocycles. The van der Waals surface area contributed by atoms with E-state index in [0.717, 1.165) is 0 Å². The molecule has 1 aromatic heterocycles. The van der Waals surface area contributed by atoms with Gasteiger partial charge in [0.05, 0.1) is 7.11 Å². The molecular formula is C8H12N2O4. The second-order valence-electron chi connectivity index (χ2n) is 3.09. The van der Waals surface area contributed by atoms with Gasteiger partial charge in [0, 0.05) is 7.05 Å². The maximum absolute atomic E-state index is 11.4. The molecule has 1 fully saturated rings. The van der Waals surface area contributed by atoms with Crippen molar-refractivity contribution < 1.29 is 14.2 Å². The first-order chi connectivity index (χ1) is 6.63. The van der Waals surface area contributed by atoms with Crippen LogP contribution in [0.2, 0.25) is 0 Å². The van der Waals surface area contributed by atoms with E-state index in [1.54, 1.807) is 14.0 Å². The van der Waals surface area contributed by atoms with E-state index in [4.69, 9.17) is 14.2 Å². The molecule has 1 N–H and O–H groups in total. The first kappa shape index (κ1) is 9.29. The molecule has 78 valence electrons. The highest BCUT2D eigenvalue weighted by Crippen LogP contribution is 2.33. The predicted molar refractivity (Wildman–Crippen MR) is 47.0 cm³/mol. The van der Waals surface area contributed by atoms with E-state index in [1.807, 2.05) is 0 Å². The van der Waals surface area contributed by atoms with E-state index in [2.05, 4.69) is 5.10 Å². The van der Waals surface area contributed by atoms with Gasteiger partial charge in [0.1, 0.15) is 5.69 Å². The standard InChI is InChI=1S/C8H12N2O4/c1-4-13-8(14-4)5-6(12-3)7(11)10(2)9-5/h4,8-9H,1-3H3. The average Bonchev–Trinajstić information content (AvgIpc) is 2.38. The molecule has 0 amide bonds. The lowest BCUT2D eigenvalue weighted by molar-refractivity contribution is -0.384. The lowest BCUT2D eigenvalue weighted by Crippen LogP contribution is -2.32. The zero-order chi connectivity index (χ0) is 10.3. The van der Waals surface area contributed by atoms with Crippen LogP contribution in [0.4, 0.5) is 0 Å². The predicted octanol–water partition coefficient (Wildman–Crippen LogP) is 0.113. The van der Waals surface area contributed by atoms with Crippen LogP contribution in [0.3, 0.4) is 0 Å². The van der Waals surface area contributed by atoms with Gasteiger partial charge in [0.25, 0.3) is 0 Å². The molecule has 0 radical (unpaired) electrons. The number of hydrogen-bond acceptors (Lipinski definition) is 4. The average molecular weight is 200 g/mol. The molecule has 1 aliphatic rings. The van der Waals surface area contributed by atoms with E-state index in [0.29, 0.717) is 5.69 Å². The van der Waals surface area contributed by atoms with Gasteiger partial charge in [-0.3, -0.25) is 14.6 Å². The zero-order valence-electron chi connectivity index (χ0n) is 8.23. The molecule has 1 aliphatic heterocycles. The molecular weight excluding hydrogens is 188 g/mol. The van der Waals surface area contributed by atoms with E-state index in [1.165, 1.54) is 11.8 Å². The van der Waals surface area contributed by atoms with Crippen LogP contribution in [0.25, 0.3) is 0 Å². The number of aromatic nitrogens is 2. The van der Waals surface area contributed by atoms with Crippen LogP contribution in [0.1, 0.15) is 18.9 Å². The van der Waals surface area contributed by atoms with Gasteiger partial charge in [0.15, 0.2) is 6.29 Å². The van der Waals surface area contributed by atoms with Crippen molar-refractivity contribution in [2.24, 2.45) is 7.05 Å². The minimum absolute atomic E-state index is 0.228. The Bertz CT molecular complexity index is 389. The van der Waals surface area contributed by atoms with Crippen LogP contribution in [0.15, 0.2) is 4.79 Å². The molecule has 0 unspecified atom stereocenters. The molecule has 0 aliphatic carbocycles. The highest BCUT2D eigenvalue weighted by Gasteiger charge is 2.34. The number of hydrogen-bond donors (Lipinski definition) is 1. The summed E-state index contributed by atoms with van der Waals surface area (Å²) in [6.45, 7) is 1.78. The van der Waals surface area contributed by atoms with Crippen LogP contribution in [0.5, 0.6) is 5.75 Å². The van der Waals surface area contributed by atoms with Crippen LogP contribution in [-0.4, -0.2) is 23.2 Å². The van der Waals surface area contributed by atoms with Gasteiger partial charge in [-0.05, 0) is 6.92 Å². The highest BCUT2D eigenvalue weighted by molar-refractivity contribution is 5.26. The maximum atomic E-state index is 11.4. The topological polar surface area (TPSA) is 65.5 Å². The fourth-order valence-electron chi connectivity index (χ4n) is 1.40. The Hall–Kier alpha value is -1.27. The minimum Gasteiger partial charge on any atom is -0.490 e. The van der Waals surface area contributed by atoms with Crippen LogP contribution >= 0.6 is 0 Å². The van der Waals surface area contributed by atoms with Crippen molar-refractivity contribution in [3.63, 3.8) is 0 Å². The van der Waals surface area contributed by atoms with Gasteiger partial charge in [0.2, 0.25) is 12.0 Å². The lowest BCUT2D eigenvalue weighted by Gasteiger charge is -2.32. The Morgan fingerprint density at radius 3 is 2.64 bits per heavy atom. The van der Waals surface area contributed by atoms with E-state index in [9.17, 15) is 4.79 Å². The summed E-state index contributed by atoms with van der Waals surface area (Å²) in [6.07, 6.45) is -0.748. The monoisotopic (exact) mass is 200 g/mol. The van der Waals surface area contributed by atoms with E-state index in [-0.39, 0.29) is 17.6 Å². The van der Waals surface area contributed by atoms with Crippen molar-refractivity contribution in [2.75, 3.05) is 7.11 Å². The van der Waals surface area contributed by atoms with Crippen molar-refractivity contribution in [3.05, 3.63) is 16.0 Å². The third-order valence-electron chi connectivity index (χ3n) is 2.10. The molecule has 0 atom stereocenters. The van der Waals surface area contributed by atoms with Crippen molar-refractivity contribution in [1.82, 2.24) is 9.78 Å². The number of aromatic amines is 1. The number of nitrogens with zero attached hydrogens (tertiary/aromatic N) is 1. The van der Waals surface area contributed by atoms with Crippen molar-refractivity contribution in [3.8, 4) is 5.75 Å². The fourth-order valence-corrected chi connectivity index (χ4v) is 1.40. The summed E-state index contributed by atoms with van der Waals surface area (Å²) in [5.74, 6) is 0.240. The molecule has 6 nitrogen and oxygen atoms in total. The van der Waals surface area contributed by atoms with E-state index < -0.39 is 6.29 Å². The van der Waals surface area contributed by atoms with Gasteiger partial charge in [-0.1, -0.05) is 0 Å². The third kappa shape index (κ3) is 1.23. The Morgan fingerprint density at radius 1 is 1.50 bits per heavy atom. The van der Waals surface area contributed by atoms with Crippen molar-refractivity contribution in [1.29, 1.82) is 0 Å². The largest absolute Gasteiger partial charge is 0.490 e. The number of methoxy groups -OCH3 is 1. The second kappa shape index (κ2) is 3.14. The summed E-state index contributed by atoms with van der Waals surface area (Å²) < 4.78 is 16.8. The first-order valence-electron chi connectivity index (χ1n) is 4.27. The van der Waals surface area contributed by atoms with Gasteiger partial charge < -0.3 is 14.2 Å². The molecule has 14 heavy (non-hydrogen) atoms. The zero-order valence-corrected chi connectivity index (χ0v) is 8.23. The Balaban J connectivity index is 2.33. The molecule has 1 aromatic rings. The summed E-state index contributed by atoms with van der Waals surface area (Å²) in [5, 5.41) is 2.82. The maximum Gasteiger partial charge on any atom is 0.309 e. The fraction of sp³-hybridized carbons (Fsp3) is 0.625. The summed E-state index contributed by atoms with van der Waals surface area (Å²) >= 11 is 0.